The number of hydrogen-bond acceptors (Lipinski definition) is 8. The lowest BCUT2D eigenvalue weighted by molar-refractivity contribution is -0.119. The summed E-state index contributed by atoms with van der Waals surface area (Å²) in [6, 6.07) is 10.7. The molecule has 0 aliphatic carbocycles. The zero-order chi connectivity index (χ0) is 28.5. The molecule has 13 heteroatoms. The number of anilines is 2. The summed E-state index contributed by atoms with van der Waals surface area (Å²) in [5.74, 6) is -0.863. The molecule has 216 valence electrons. The minimum absolute atomic E-state index is 0.185. The number of nitrogens with one attached hydrogen (secondary N) is 2. The van der Waals surface area contributed by atoms with Gasteiger partial charge in [0.1, 0.15) is 11.6 Å². The first kappa shape index (κ1) is 29.0. The largest absolute Gasteiger partial charge is 0.428 e. The van der Waals surface area contributed by atoms with Gasteiger partial charge in [0.15, 0.2) is 6.23 Å². The van der Waals surface area contributed by atoms with E-state index >= 15 is 0 Å². The van der Waals surface area contributed by atoms with Gasteiger partial charge in [-0.15, -0.1) is 0 Å². The summed E-state index contributed by atoms with van der Waals surface area (Å²) >= 11 is 0. The van der Waals surface area contributed by atoms with Crippen LogP contribution in [0, 0.1) is 11.6 Å². The summed E-state index contributed by atoms with van der Waals surface area (Å²) in [6.45, 7) is 4.73. The molecule has 3 heterocycles. The minimum atomic E-state index is -0.414. The Morgan fingerprint density at radius 3 is 2.33 bits per heavy atom. The molecule has 1 atom stereocenters. The second-order valence-corrected chi connectivity index (χ2v) is 9.46. The summed E-state index contributed by atoms with van der Waals surface area (Å²) in [5, 5.41) is 2.91. The van der Waals surface area contributed by atoms with Gasteiger partial charge in [-0.1, -0.05) is 6.07 Å². The van der Waals surface area contributed by atoms with Gasteiger partial charge in [0.05, 0.1) is 12.3 Å². The van der Waals surface area contributed by atoms with Crippen LogP contribution in [-0.4, -0.2) is 105 Å². The lowest BCUT2D eigenvalue weighted by atomic mass is 10.2. The predicted molar refractivity (Wildman–Crippen MR) is 144 cm³/mol. The Labute approximate surface area is 231 Å². The molecular formula is C27H34F2N6O5. The van der Waals surface area contributed by atoms with Crippen molar-refractivity contribution in [2.75, 3.05) is 76.2 Å². The van der Waals surface area contributed by atoms with Crippen LogP contribution in [0.4, 0.5) is 25.0 Å². The number of benzene rings is 2. The molecule has 1 unspecified atom stereocenters. The molecule has 0 saturated carbocycles. The van der Waals surface area contributed by atoms with Crippen LogP contribution in [0.5, 0.6) is 0 Å². The van der Waals surface area contributed by atoms with Crippen LogP contribution in [0.1, 0.15) is 16.8 Å². The normalized spacial score (nSPS) is 19.0. The Bertz CT molecular complexity index is 1170. The van der Waals surface area contributed by atoms with Gasteiger partial charge in [0.25, 0.3) is 5.91 Å². The van der Waals surface area contributed by atoms with Crippen LogP contribution >= 0.6 is 0 Å². The van der Waals surface area contributed by atoms with Crippen molar-refractivity contribution in [3.05, 3.63) is 59.7 Å². The van der Waals surface area contributed by atoms with Crippen LogP contribution in [-0.2, 0) is 14.4 Å². The molecule has 40 heavy (non-hydrogen) atoms. The maximum atomic E-state index is 14.1. The fraction of sp³-hybridized carbons (Fsp3) is 0.444. The molecule has 2 aromatic carbocycles. The summed E-state index contributed by atoms with van der Waals surface area (Å²) in [6.07, 6.45) is 0.685. The molecule has 3 amide bonds. The zero-order valence-electron chi connectivity index (χ0n) is 22.4. The Morgan fingerprint density at radius 1 is 1.00 bits per heavy atom. The molecule has 3 aliphatic heterocycles. The van der Waals surface area contributed by atoms with Gasteiger partial charge in [-0.3, -0.25) is 14.4 Å². The third kappa shape index (κ3) is 7.57. The second kappa shape index (κ2) is 13.9. The Kier molecular flexibility index (Phi) is 10.1. The first-order valence-corrected chi connectivity index (χ1v) is 13.2. The van der Waals surface area contributed by atoms with Gasteiger partial charge in [0, 0.05) is 77.1 Å². The SMILES string of the molecule is CNc1ccc(N2CCN(C(=O)OC3CCON3)CC2)c(F)c1.O=CN1CCN(C(=O)c2cccc(F)c2)CC1. The van der Waals surface area contributed by atoms with Crippen molar-refractivity contribution in [1.29, 1.82) is 0 Å². The second-order valence-electron chi connectivity index (χ2n) is 9.46. The van der Waals surface area contributed by atoms with E-state index in [-0.39, 0.29) is 24.0 Å². The number of amides is 3. The van der Waals surface area contributed by atoms with E-state index in [0.29, 0.717) is 76.6 Å². The minimum Gasteiger partial charge on any atom is -0.428 e. The van der Waals surface area contributed by atoms with Crippen LogP contribution in [0.15, 0.2) is 42.5 Å². The third-order valence-corrected chi connectivity index (χ3v) is 6.88. The van der Waals surface area contributed by atoms with Crippen molar-refractivity contribution < 1.29 is 32.7 Å². The highest BCUT2D eigenvalue weighted by Crippen LogP contribution is 2.24. The molecule has 0 radical (unpaired) electrons. The Balaban J connectivity index is 0.000000194. The summed E-state index contributed by atoms with van der Waals surface area (Å²) in [4.78, 5) is 46.4. The van der Waals surface area contributed by atoms with Crippen molar-refractivity contribution in [3.8, 4) is 0 Å². The molecule has 2 aromatic rings. The van der Waals surface area contributed by atoms with Gasteiger partial charge < -0.3 is 29.7 Å². The maximum absolute atomic E-state index is 14.1. The molecule has 0 aromatic heterocycles. The third-order valence-electron chi connectivity index (χ3n) is 6.88. The number of rotatable bonds is 5. The number of carbonyl (C=O) groups excluding carboxylic acids is 3. The fourth-order valence-corrected chi connectivity index (χ4v) is 4.54. The number of nitrogens with zero attached hydrogens (tertiary/aromatic N) is 4. The summed E-state index contributed by atoms with van der Waals surface area (Å²) in [7, 11) is 1.75. The van der Waals surface area contributed by atoms with Crippen LogP contribution in [0.3, 0.4) is 0 Å². The van der Waals surface area contributed by atoms with Crippen molar-refractivity contribution in [1.82, 2.24) is 20.2 Å². The highest BCUT2D eigenvalue weighted by molar-refractivity contribution is 5.94. The first-order valence-electron chi connectivity index (χ1n) is 13.2. The molecule has 3 aliphatic rings. The van der Waals surface area contributed by atoms with Crippen molar-refractivity contribution in [3.63, 3.8) is 0 Å². The molecule has 0 spiro atoms. The summed E-state index contributed by atoms with van der Waals surface area (Å²) in [5.41, 5.74) is 4.29. The van der Waals surface area contributed by atoms with E-state index in [0.717, 1.165) is 12.1 Å². The quantitative estimate of drug-likeness (QED) is 0.536. The predicted octanol–water partition coefficient (Wildman–Crippen LogP) is 2.12. The van der Waals surface area contributed by atoms with Crippen molar-refractivity contribution in [2.45, 2.75) is 12.6 Å². The monoisotopic (exact) mass is 560 g/mol. The topological polar surface area (TPSA) is 107 Å². The van der Waals surface area contributed by atoms with Gasteiger partial charge in [-0.2, -0.15) is 5.48 Å². The number of hydrogen-bond donors (Lipinski definition) is 2. The Morgan fingerprint density at radius 2 is 1.73 bits per heavy atom. The standard InChI is InChI=1S/C15H21FN4O3.C12H13FN2O2/c1-17-11-2-3-13(12(16)10-11)19-5-7-20(8-6-19)15(21)23-14-4-9-22-18-14;13-11-3-1-2-10(8-11)12(17)15-6-4-14(9-16)5-7-15/h2-3,10,14,17-18H,4-9H2,1H3;1-3,8-9H,4-7H2. The van der Waals surface area contributed by atoms with E-state index in [4.69, 9.17) is 9.57 Å². The lowest BCUT2D eigenvalue weighted by Crippen LogP contribution is -2.50. The number of piperazine rings is 2. The zero-order valence-corrected chi connectivity index (χ0v) is 22.4. The number of hydroxylamine groups is 1. The van der Waals surface area contributed by atoms with E-state index in [2.05, 4.69) is 10.8 Å². The molecular weight excluding hydrogens is 526 g/mol. The van der Waals surface area contributed by atoms with Crippen LogP contribution in [0.25, 0.3) is 0 Å². The molecule has 2 N–H and O–H groups in total. The van der Waals surface area contributed by atoms with E-state index in [1.807, 2.05) is 11.0 Å². The molecule has 0 bridgehead atoms. The van der Waals surface area contributed by atoms with Crippen molar-refractivity contribution in [2.24, 2.45) is 0 Å². The first-order chi connectivity index (χ1) is 19.4. The van der Waals surface area contributed by atoms with Gasteiger partial charge >= 0.3 is 6.09 Å². The fourth-order valence-electron chi connectivity index (χ4n) is 4.54. The van der Waals surface area contributed by atoms with E-state index in [1.165, 1.54) is 24.3 Å². The van der Waals surface area contributed by atoms with E-state index in [9.17, 15) is 23.2 Å². The summed E-state index contributed by atoms with van der Waals surface area (Å²) < 4.78 is 32.4. The van der Waals surface area contributed by atoms with Gasteiger partial charge in [-0.05, 0) is 36.4 Å². The smallest absolute Gasteiger partial charge is 0.411 e. The average Bonchev–Trinajstić information content (AvgIpc) is 3.50. The lowest BCUT2D eigenvalue weighted by Gasteiger charge is -2.36. The van der Waals surface area contributed by atoms with Gasteiger partial charge in [0.2, 0.25) is 6.41 Å². The molecule has 11 nitrogen and oxygen atoms in total. The molecule has 3 saturated heterocycles. The highest BCUT2D eigenvalue weighted by atomic mass is 19.1. The number of ether oxygens (including phenoxy) is 1. The molecule has 5 rings (SSSR count). The van der Waals surface area contributed by atoms with Gasteiger partial charge in [-0.25, -0.2) is 13.6 Å². The average molecular weight is 561 g/mol. The highest BCUT2D eigenvalue weighted by Gasteiger charge is 2.27. The Hall–Kier alpha value is -3.97. The molecule has 3 fully saturated rings. The van der Waals surface area contributed by atoms with E-state index < -0.39 is 5.82 Å². The van der Waals surface area contributed by atoms with Crippen LogP contribution in [0.2, 0.25) is 0 Å². The van der Waals surface area contributed by atoms with E-state index in [1.54, 1.807) is 33.9 Å². The van der Waals surface area contributed by atoms with Crippen molar-refractivity contribution >= 4 is 29.8 Å². The maximum Gasteiger partial charge on any atom is 0.411 e. The van der Waals surface area contributed by atoms with Crippen LogP contribution < -0.4 is 15.7 Å². The number of halogens is 2. The number of carbonyl (C=O) groups is 3.